The maximum atomic E-state index is 13.4. The smallest absolute Gasteiger partial charge is 0.245 e. The Bertz CT molecular complexity index is 907. The van der Waals surface area contributed by atoms with Crippen LogP contribution in [0.3, 0.4) is 0 Å². The number of sulfonamides is 1. The fourth-order valence-electron chi connectivity index (χ4n) is 3.33. The average molecular weight is 388 g/mol. The normalized spacial score (nSPS) is 25.9. The maximum absolute atomic E-state index is 13.4. The van der Waals surface area contributed by atoms with Gasteiger partial charge < -0.3 is 9.84 Å². The van der Waals surface area contributed by atoms with Crippen molar-refractivity contribution < 1.29 is 18.3 Å². The molecule has 0 amide bonds. The molecule has 1 aliphatic heterocycles. The number of rotatable bonds is 5. The Hall–Kier alpha value is -1.99. The van der Waals surface area contributed by atoms with Crippen LogP contribution in [0.1, 0.15) is 31.1 Å². The molecule has 0 radical (unpaired) electrons. The molecule has 6 heteroatoms. The van der Waals surface area contributed by atoms with E-state index >= 15 is 0 Å². The molecule has 1 heterocycles. The lowest BCUT2D eigenvalue weighted by Crippen LogP contribution is -2.51. The third-order valence-corrected chi connectivity index (χ3v) is 6.93. The lowest BCUT2D eigenvalue weighted by atomic mass is 10.0. The van der Waals surface area contributed by atoms with Crippen molar-refractivity contribution in [1.82, 2.24) is 4.31 Å². The summed E-state index contributed by atoms with van der Waals surface area (Å²) in [6, 6.07) is 15.6. The Labute approximate surface area is 161 Å². The van der Waals surface area contributed by atoms with E-state index in [1.54, 1.807) is 31.2 Å². The van der Waals surface area contributed by atoms with Crippen molar-refractivity contribution in [2.75, 3.05) is 0 Å². The van der Waals surface area contributed by atoms with Crippen LogP contribution in [0.5, 0.6) is 0 Å². The number of benzene rings is 2. The summed E-state index contributed by atoms with van der Waals surface area (Å²) in [6.07, 6.45) is -0.264. The van der Waals surface area contributed by atoms with Crippen LogP contribution in [-0.4, -0.2) is 35.7 Å². The molecule has 2 aromatic rings. The van der Waals surface area contributed by atoms with Crippen molar-refractivity contribution in [3.63, 3.8) is 0 Å². The first kappa shape index (κ1) is 19.8. The third-order valence-electron chi connectivity index (χ3n) is 4.98. The van der Waals surface area contributed by atoms with Crippen molar-refractivity contribution in [1.29, 1.82) is 0 Å². The van der Waals surface area contributed by atoms with E-state index in [4.69, 9.17) is 4.74 Å². The van der Waals surface area contributed by atoms with Gasteiger partial charge in [0.15, 0.2) is 6.23 Å². The van der Waals surface area contributed by atoms with Crippen LogP contribution in [0.2, 0.25) is 0 Å². The number of ether oxygens (including phenoxy) is 1. The van der Waals surface area contributed by atoms with Crippen LogP contribution >= 0.6 is 0 Å². The van der Waals surface area contributed by atoms with E-state index in [1.807, 2.05) is 37.3 Å². The predicted molar refractivity (Wildman–Crippen MR) is 105 cm³/mol. The number of aliphatic hydroxyl groups is 1. The van der Waals surface area contributed by atoms with Gasteiger partial charge in [-0.1, -0.05) is 54.1 Å². The van der Waals surface area contributed by atoms with Crippen LogP contribution in [0, 0.1) is 6.92 Å². The minimum atomic E-state index is -3.89. The van der Waals surface area contributed by atoms with Gasteiger partial charge in [0.05, 0.1) is 10.9 Å². The van der Waals surface area contributed by atoms with E-state index in [2.05, 4.69) is 6.58 Å². The van der Waals surface area contributed by atoms with Crippen molar-refractivity contribution in [2.45, 2.75) is 49.6 Å². The summed E-state index contributed by atoms with van der Waals surface area (Å²) >= 11 is 0. The Morgan fingerprint density at radius 1 is 1.15 bits per heavy atom. The number of hydrogen-bond acceptors (Lipinski definition) is 4. The second kappa shape index (κ2) is 7.20. The molecule has 3 rings (SSSR count). The van der Waals surface area contributed by atoms with Crippen molar-refractivity contribution >= 4 is 10.0 Å². The van der Waals surface area contributed by atoms with Crippen LogP contribution in [0.15, 0.2) is 72.1 Å². The second-order valence-corrected chi connectivity index (χ2v) is 8.98. The topological polar surface area (TPSA) is 66.8 Å². The molecule has 144 valence electrons. The standard InChI is InChI=1S/C21H25NO4S/c1-5-21(4,23)20-22(27(24,25)18-13-11-15(2)12-14-18)16(3)19(26-20)17-9-7-6-8-10-17/h5-14,16,19-20,23H,1H2,2-4H3/t16-,19-,20-,21+/m0/s1. The number of nitrogens with zero attached hydrogens (tertiary/aromatic N) is 1. The van der Waals surface area contributed by atoms with Crippen molar-refractivity contribution in [2.24, 2.45) is 0 Å². The minimum absolute atomic E-state index is 0.169. The van der Waals surface area contributed by atoms with E-state index < -0.39 is 34.0 Å². The second-order valence-electron chi connectivity index (χ2n) is 7.14. The van der Waals surface area contributed by atoms with E-state index in [0.29, 0.717) is 0 Å². The lowest BCUT2D eigenvalue weighted by Gasteiger charge is -2.33. The Morgan fingerprint density at radius 2 is 1.74 bits per heavy atom. The average Bonchev–Trinajstić information content (AvgIpc) is 3.01. The van der Waals surface area contributed by atoms with Gasteiger partial charge in [0.1, 0.15) is 11.7 Å². The molecule has 0 aromatic heterocycles. The maximum Gasteiger partial charge on any atom is 0.245 e. The van der Waals surface area contributed by atoms with Crippen LogP contribution < -0.4 is 0 Å². The molecule has 1 aliphatic rings. The SMILES string of the molecule is C=C[C@@](C)(O)[C@@H]1O[C@H](c2ccccc2)[C@H](C)N1S(=O)(=O)c1ccc(C)cc1. The van der Waals surface area contributed by atoms with Gasteiger partial charge in [0.25, 0.3) is 0 Å². The van der Waals surface area contributed by atoms with Gasteiger partial charge in [-0.05, 0) is 38.5 Å². The molecular weight excluding hydrogens is 362 g/mol. The Balaban J connectivity index is 2.09. The molecule has 5 nitrogen and oxygen atoms in total. The first-order chi connectivity index (χ1) is 12.7. The summed E-state index contributed by atoms with van der Waals surface area (Å²) in [5, 5.41) is 10.8. The minimum Gasteiger partial charge on any atom is -0.382 e. The van der Waals surface area contributed by atoms with Gasteiger partial charge >= 0.3 is 0 Å². The van der Waals surface area contributed by atoms with Crippen LogP contribution in [-0.2, 0) is 14.8 Å². The first-order valence-electron chi connectivity index (χ1n) is 8.85. The predicted octanol–water partition coefficient (Wildman–Crippen LogP) is 3.41. The lowest BCUT2D eigenvalue weighted by molar-refractivity contribution is -0.0943. The van der Waals surface area contributed by atoms with Crippen LogP contribution in [0.25, 0.3) is 0 Å². The molecule has 0 unspecified atom stereocenters. The van der Waals surface area contributed by atoms with E-state index in [9.17, 15) is 13.5 Å². The highest BCUT2D eigenvalue weighted by Crippen LogP contribution is 2.42. The van der Waals surface area contributed by atoms with Gasteiger partial charge in [0.2, 0.25) is 10.0 Å². The summed E-state index contributed by atoms with van der Waals surface area (Å²) in [7, 11) is -3.89. The summed E-state index contributed by atoms with van der Waals surface area (Å²) in [6.45, 7) is 8.84. The summed E-state index contributed by atoms with van der Waals surface area (Å²) in [4.78, 5) is 0.169. The number of aryl methyl sites for hydroxylation is 1. The molecule has 0 saturated carbocycles. The molecule has 1 N–H and O–H groups in total. The molecule has 27 heavy (non-hydrogen) atoms. The van der Waals surface area contributed by atoms with E-state index in [-0.39, 0.29) is 4.90 Å². The zero-order valence-electron chi connectivity index (χ0n) is 15.7. The summed E-state index contributed by atoms with van der Waals surface area (Å²) in [5.74, 6) is 0. The van der Waals surface area contributed by atoms with E-state index in [1.165, 1.54) is 17.3 Å². The molecular formula is C21H25NO4S. The molecule has 4 atom stereocenters. The highest BCUT2D eigenvalue weighted by Gasteiger charge is 2.53. The summed E-state index contributed by atoms with van der Waals surface area (Å²) in [5.41, 5.74) is 0.281. The van der Waals surface area contributed by atoms with Gasteiger partial charge in [0, 0.05) is 0 Å². The summed E-state index contributed by atoms with van der Waals surface area (Å²) < 4.78 is 34.2. The monoisotopic (exact) mass is 387 g/mol. The van der Waals surface area contributed by atoms with Crippen molar-refractivity contribution in [3.8, 4) is 0 Å². The first-order valence-corrected chi connectivity index (χ1v) is 10.3. The Morgan fingerprint density at radius 3 is 2.30 bits per heavy atom. The van der Waals surface area contributed by atoms with Crippen LogP contribution in [0.4, 0.5) is 0 Å². The Kier molecular flexibility index (Phi) is 5.27. The molecule has 1 saturated heterocycles. The van der Waals surface area contributed by atoms with Gasteiger partial charge in [-0.2, -0.15) is 4.31 Å². The zero-order valence-corrected chi connectivity index (χ0v) is 16.6. The van der Waals surface area contributed by atoms with Gasteiger partial charge in [-0.25, -0.2) is 8.42 Å². The zero-order chi connectivity index (χ0) is 19.8. The van der Waals surface area contributed by atoms with E-state index in [0.717, 1.165) is 11.1 Å². The fourth-order valence-corrected chi connectivity index (χ4v) is 5.12. The fraction of sp³-hybridized carbons (Fsp3) is 0.333. The van der Waals surface area contributed by atoms with Gasteiger partial charge in [-0.15, -0.1) is 6.58 Å². The molecule has 1 fully saturated rings. The molecule has 0 aliphatic carbocycles. The quantitative estimate of drug-likeness (QED) is 0.799. The van der Waals surface area contributed by atoms with Crippen molar-refractivity contribution in [3.05, 3.63) is 78.4 Å². The van der Waals surface area contributed by atoms with Gasteiger partial charge in [-0.3, -0.25) is 0 Å². The third kappa shape index (κ3) is 3.58. The molecule has 0 bridgehead atoms. The molecule has 2 aromatic carbocycles. The molecule has 0 spiro atoms. The highest BCUT2D eigenvalue weighted by molar-refractivity contribution is 7.89. The highest BCUT2D eigenvalue weighted by atomic mass is 32.2. The largest absolute Gasteiger partial charge is 0.382 e. The number of hydrogen-bond donors (Lipinski definition) is 1.